The van der Waals surface area contributed by atoms with Gasteiger partial charge >= 0.3 is 5.69 Å². The molecule has 0 fully saturated rings. The molecule has 138 valence electrons. The van der Waals surface area contributed by atoms with Crippen LogP contribution in [0.2, 0.25) is 0 Å². The Morgan fingerprint density at radius 3 is 2.58 bits per heavy atom. The van der Waals surface area contributed by atoms with Crippen molar-refractivity contribution >= 4 is 11.2 Å². The maximum Gasteiger partial charge on any atom is 0.332 e. The second kappa shape index (κ2) is 7.70. The van der Waals surface area contributed by atoms with Crippen molar-refractivity contribution < 1.29 is 5.11 Å². The number of fused-ring (bicyclic) bond motifs is 1. The fraction of sp³-hybridized carbons (Fsp3) is 0.421. The van der Waals surface area contributed by atoms with Gasteiger partial charge in [-0.05, 0) is 31.7 Å². The molecule has 1 N–H and O–H groups in total. The number of aromatic nitrogens is 4. The van der Waals surface area contributed by atoms with Gasteiger partial charge in [-0.15, -0.1) is 0 Å². The van der Waals surface area contributed by atoms with Crippen molar-refractivity contribution in [3.05, 3.63) is 63.1 Å². The van der Waals surface area contributed by atoms with Crippen LogP contribution >= 0.6 is 0 Å². The molecule has 2 heterocycles. The van der Waals surface area contributed by atoms with Gasteiger partial charge in [-0.3, -0.25) is 13.9 Å². The van der Waals surface area contributed by atoms with Crippen LogP contribution in [0.4, 0.5) is 0 Å². The van der Waals surface area contributed by atoms with Crippen LogP contribution in [0.1, 0.15) is 31.7 Å². The lowest BCUT2D eigenvalue weighted by atomic mass is 10.2. The highest BCUT2D eigenvalue weighted by Crippen LogP contribution is 2.10. The predicted molar refractivity (Wildman–Crippen MR) is 100 cm³/mol. The van der Waals surface area contributed by atoms with E-state index in [0.717, 1.165) is 12.0 Å². The van der Waals surface area contributed by atoms with E-state index in [1.807, 2.05) is 30.3 Å². The zero-order valence-electron chi connectivity index (χ0n) is 15.1. The molecule has 0 radical (unpaired) electrons. The Kier molecular flexibility index (Phi) is 5.37. The topological polar surface area (TPSA) is 82.1 Å². The summed E-state index contributed by atoms with van der Waals surface area (Å²) in [6.45, 7) is 2.59. The van der Waals surface area contributed by atoms with Gasteiger partial charge in [0.2, 0.25) is 0 Å². The highest BCUT2D eigenvalue weighted by atomic mass is 16.3. The number of nitrogens with zero attached hydrogens (tertiary/aromatic N) is 4. The van der Waals surface area contributed by atoms with Gasteiger partial charge in [0.05, 0.1) is 12.4 Å². The number of hydrogen-bond donors (Lipinski definition) is 1. The first kappa shape index (κ1) is 18.1. The number of aliphatic hydroxyl groups is 1. The van der Waals surface area contributed by atoms with Crippen LogP contribution in [0.5, 0.6) is 0 Å². The first-order valence-electron chi connectivity index (χ1n) is 8.85. The van der Waals surface area contributed by atoms with Crippen LogP contribution in [0.15, 0.2) is 46.2 Å². The van der Waals surface area contributed by atoms with Crippen LogP contribution in [0.25, 0.3) is 11.2 Å². The standard InChI is InChI=1S/C19H24N4O3/c1-14(24)8-6-7-11-23-18(25)16-17(21(2)19(23)26)20-13-22(16)12-15-9-4-3-5-10-15/h3-5,9-10,13-14,24H,6-8,11-12H2,1-2H3. The van der Waals surface area contributed by atoms with Gasteiger partial charge in [0.1, 0.15) is 0 Å². The second-order valence-corrected chi connectivity index (χ2v) is 6.67. The van der Waals surface area contributed by atoms with Crippen LogP contribution in [0, 0.1) is 0 Å². The first-order chi connectivity index (χ1) is 12.5. The molecule has 0 aliphatic carbocycles. The molecule has 1 unspecified atom stereocenters. The molecule has 0 amide bonds. The molecule has 0 saturated heterocycles. The number of rotatable bonds is 7. The lowest BCUT2D eigenvalue weighted by molar-refractivity contribution is 0.180. The van der Waals surface area contributed by atoms with E-state index in [2.05, 4.69) is 4.98 Å². The van der Waals surface area contributed by atoms with E-state index in [-0.39, 0.29) is 17.4 Å². The molecule has 2 aromatic heterocycles. The third kappa shape index (κ3) is 3.62. The van der Waals surface area contributed by atoms with Gasteiger partial charge < -0.3 is 9.67 Å². The number of imidazole rings is 1. The normalized spacial score (nSPS) is 12.6. The molecule has 26 heavy (non-hydrogen) atoms. The Morgan fingerprint density at radius 1 is 1.15 bits per heavy atom. The van der Waals surface area contributed by atoms with Crippen molar-refractivity contribution in [1.82, 2.24) is 18.7 Å². The summed E-state index contributed by atoms with van der Waals surface area (Å²) in [5.74, 6) is 0. The maximum atomic E-state index is 12.9. The van der Waals surface area contributed by atoms with Gasteiger partial charge in [-0.1, -0.05) is 30.3 Å². The molecule has 3 aromatic rings. The maximum absolute atomic E-state index is 12.9. The zero-order chi connectivity index (χ0) is 18.7. The molecular formula is C19H24N4O3. The predicted octanol–water partition coefficient (Wildman–Crippen LogP) is 1.50. The largest absolute Gasteiger partial charge is 0.393 e. The fourth-order valence-electron chi connectivity index (χ4n) is 3.13. The summed E-state index contributed by atoms with van der Waals surface area (Å²) in [6, 6.07) is 9.82. The Balaban J connectivity index is 1.97. The van der Waals surface area contributed by atoms with E-state index in [9.17, 15) is 14.7 Å². The molecule has 1 aromatic carbocycles. The number of aliphatic hydroxyl groups excluding tert-OH is 1. The van der Waals surface area contributed by atoms with E-state index >= 15 is 0 Å². The van der Waals surface area contributed by atoms with Gasteiger partial charge in [-0.2, -0.15) is 0 Å². The first-order valence-corrected chi connectivity index (χ1v) is 8.85. The van der Waals surface area contributed by atoms with Crippen LogP contribution in [0.3, 0.4) is 0 Å². The van der Waals surface area contributed by atoms with Crippen LogP contribution in [-0.2, 0) is 20.1 Å². The molecule has 0 bridgehead atoms. The highest BCUT2D eigenvalue weighted by Gasteiger charge is 2.16. The summed E-state index contributed by atoms with van der Waals surface area (Å²) < 4.78 is 4.49. The summed E-state index contributed by atoms with van der Waals surface area (Å²) in [6.07, 6.45) is 3.32. The molecule has 3 rings (SSSR count). The van der Waals surface area contributed by atoms with Crippen molar-refractivity contribution in [2.24, 2.45) is 7.05 Å². The van der Waals surface area contributed by atoms with Gasteiger partial charge in [0.25, 0.3) is 5.56 Å². The van der Waals surface area contributed by atoms with Crippen LogP contribution < -0.4 is 11.2 Å². The van der Waals surface area contributed by atoms with Gasteiger partial charge in [-0.25, -0.2) is 9.78 Å². The van der Waals surface area contributed by atoms with Gasteiger partial charge in [0, 0.05) is 20.1 Å². The molecule has 0 saturated carbocycles. The minimum atomic E-state index is -0.371. The summed E-state index contributed by atoms with van der Waals surface area (Å²) in [7, 11) is 1.64. The lowest BCUT2D eigenvalue weighted by Crippen LogP contribution is -2.39. The van der Waals surface area contributed by atoms with Crippen LogP contribution in [-0.4, -0.2) is 29.9 Å². The minimum Gasteiger partial charge on any atom is -0.393 e. The van der Waals surface area contributed by atoms with Crippen molar-refractivity contribution in [2.45, 2.75) is 45.4 Å². The number of hydrogen-bond acceptors (Lipinski definition) is 4. The van der Waals surface area contributed by atoms with Crippen molar-refractivity contribution in [1.29, 1.82) is 0 Å². The summed E-state index contributed by atoms with van der Waals surface area (Å²) in [5, 5.41) is 9.35. The Bertz CT molecular complexity index is 999. The monoisotopic (exact) mass is 356 g/mol. The van der Waals surface area contributed by atoms with Gasteiger partial charge in [0.15, 0.2) is 11.2 Å². The van der Waals surface area contributed by atoms with Crippen molar-refractivity contribution in [2.75, 3.05) is 0 Å². The smallest absolute Gasteiger partial charge is 0.332 e. The fourth-order valence-corrected chi connectivity index (χ4v) is 3.13. The number of unbranched alkanes of at least 4 members (excludes halogenated alkanes) is 1. The van der Waals surface area contributed by atoms with Crippen molar-refractivity contribution in [3.8, 4) is 0 Å². The Labute approximate surface area is 151 Å². The van der Waals surface area contributed by atoms with Crippen molar-refractivity contribution in [3.63, 3.8) is 0 Å². The average molecular weight is 356 g/mol. The summed E-state index contributed by atoms with van der Waals surface area (Å²) >= 11 is 0. The van der Waals surface area contributed by atoms with E-state index in [1.165, 1.54) is 9.13 Å². The molecule has 1 atom stereocenters. The van der Waals surface area contributed by atoms with E-state index in [0.29, 0.717) is 37.1 Å². The van der Waals surface area contributed by atoms with E-state index in [4.69, 9.17) is 0 Å². The molecule has 0 aliphatic rings. The summed E-state index contributed by atoms with van der Waals surface area (Å²) in [4.78, 5) is 29.7. The average Bonchev–Trinajstić information content (AvgIpc) is 3.03. The molecule has 0 spiro atoms. The Hall–Kier alpha value is -2.67. The van der Waals surface area contributed by atoms with E-state index < -0.39 is 0 Å². The lowest BCUT2D eigenvalue weighted by Gasteiger charge is -2.10. The number of aryl methyl sites for hydroxylation is 1. The quantitative estimate of drug-likeness (QED) is 0.651. The molecule has 0 aliphatic heterocycles. The Morgan fingerprint density at radius 2 is 1.88 bits per heavy atom. The SMILES string of the molecule is CC(O)CCCCn1c(=O)c2c(ncn2Cc2ccccc2)n(C)c1=O. The molecule has 7 heteroatoms. The highest BCUT2D eigenvalue weighted by molar-refractivity contribution is 5.70. The van der Waals surface area contributed by atoms with E-state index in [1.54, 1.807) is 24.9 Å². The third-order valence-corrected chi connectivity index (χ3v) is 4.55. The second-order valence-electron chi connectivity index (χ2n) is 6.67. The minimum absolute atomic E-state index is 0.312. The molecule has 7 nitrogen and oxygen atoms in total. The third-order valence-electron chi connectivity index (χ3n) is 4.55. The summed E-state index contributed by atoms with van der Waals surface area (Å²) in [5.41, 5.74) is 1.23. The molecular weight excluding hydrogens is 332 g/mol. The zero-order valence-corrected chi connectivity index (χ0v) is 15.1. The number of benzene rings is 1.